The summed E-state index contributed by atoms with van der Waals surface area (Å²) in [5.74, 6) is 0.413. The SMILES string of the molecule is COc1ccc(C(=O)NCC(=O)N2CCO[C@H]3CCCC[C@H]32)cc1. The van der Waals surface area contributed by atoms with E-state index in [2.05, 4.69) is 5.32 Å². The van der Waals surface area contributed by atoms with Gasteiger partial charge >= 0.3 is 0 Å². The summed E-state index contributed by atoms with van der Waals surface area (Å²) in [6.45, 7) is 1.21. The Balaban J connectivity index is 1.55. The number of ether oxygens (including phenoxy) is 2. The minimum absolute atomic E-state index is 0.0219. The molecule has 1 heterocycles. The molecule has 2 amide bonds. The Morgan fingerprint density at radius 3 is 2.75 bits per heavy atom. The van der Waals surface area contributed by atoms with Crippen molar-refractivity contribution >= 4 is 11.8 Å². The van der Waals surface area contributed by atoms with Crippen LogP contribution in [0.25, 0.3) is 0 Å². The van der Waals surface area contributed by atoms with Gasteiger partial charge in [0.05, 0.1) is 32.4 Å². The maximum absolute atomic E-state index is 12.5. The number of carbonyl (C=O) groups excluding carboxylic acids is 2. The van der Waals surface area contributed by atoms with Crippen LogP contribution in [0.5, 0.6) is 5.75 Å². The monoisotopic (exact) mass is 332 g/mol. The van der Waals surface area contributed by atoms with Crippen LogP contribution in [0, 0.1) is 0 Å². The smallest absolute Gasteiger partial charge is 0.251 e. The van der Waals surface area contributed by atoms with Gasteiger partial charge in [-0.25, -0.2) is 0 Å². The van der Waals surface area contributed by atoms with E-state index in [-0.39, 0.29) is 30.5 Å². The fraction of sp³-hybridized carbons (Fsp3) is 0.556. The van der Waals surface area contributed by atoms with Crippen LogP contribution >= 0.6 is 0 Å². The predicted molar refractivity (Wildman–Crippen MR) is 89.0 cm³/mol. The van der Waals surface area contributed by atoms with Gasteiger partial charge in [0.25, 0.3) is 5.91 Å². The van der Waals surface area contributed by atoms with Crippen molar-refractivity contribution in [1.29, 1.82) is 0 Å². The van der Waals surface area contributed by atoms with E-state index in [0.29, 0.717) is 24.5 Å². The van der Waals surface area contributed by atoms with Crippen molar-refractivity contribution in [2.75, 3.05) is 26.8 Å². The quantitative estimate of drug-likeness (QED) is 0.909. The molecule has 1 aromatic rings. The molecule has 0 bridgehead atoms. The fourth-order valence-electron chi connectivity index (χ4n) is 3.51. The molecule has 0 aromatic heterocycles. The zero-order valence-corrected chi connectivity index (χ0v) is 14.0. The number of hydrogen-bond acceptors (Lipinski definition) is 4. The first-order valence-electron chi connectivity index (χ1n) is 8.52. The van der Waals surface area contributed by atoms with Crippen LogP contribution in [0.1, 0.15) is 36.0 Å². The lowest BCUT2D eigenvalue weighted by Gasteiger charge is -2.43. The van der Waals surface area contributed by atoms with Gasteiger partial charge in [0.1, 0.15) is 5.75 Å². The fourth-order valence-corrected chi connectivity index (χ4v) is 3.51. The first-order valence-corrected chi connectivity index (χ1v) is 8.52. The Labute approximate surface area is 142 Å². The van der Waals surface area contributed by atoms with Gasteiger partial charge in [-0.1, -0.05) is 12.8 Å². The molecule has 1 saturated carbocycles. The second-order valence-electron chi connectivity index (χ2n) is 6.26. The third-order valence-electron chi connectivity index (χ3n) is 4.80. The van der Waals surface area contributed by atoms with Gasteiger partial charge in [-0.2, -0.15) is 0 Å². The zero-order chi connectivity index (χ0) is 16.9. The van der Waals surface area contributed by atoms with Crippen molar-refractivity contribution in [3.8, 4) is 5.75 Å². The summed E-state index contributed by atoms with van der Waals surface area (Å²) in [6.07, 6.45) is 4.47. The summed E-state index contributed by atoms with van der Waals surface area (Å²) in [5.41, 5.74) is 0.515. The molecule has 24 heavy (non-hydrogen) atoms. The number of hydrogen-bond donors (Lipinski definition) is 1. The highest BCUT2D eigenvalue weighted by Gasteiger charge is 2.36. The van der Waals surface area contributed by atoms with Gasteiger partial charge in [-0.05, 0) is 37.1 Å². The molecule has 0 spiro atoms. The van der Waals surface area contributed by atoms with Gasteiger partial charge < -0.3 is 19.7 Å². The molecule has 1 N–H and O–H groups in total. The Kier molecular flexibility index (Phi) is 5.35. The topological polar surface area (TPSA) is 67.9 Å². The van der Waals surface area contributed by atoms with Gasteiger partial charge in [0, 0.05) is 12.1 Å². The van der Waals surface area contributed by atoms with E-state index >= 15 is 0 Å². The number of carbonyl (C=O) groups is 2. The molecule has 1 aromatic carbocycles. The molecule has 0 unspecified atom stereocenters. The van der Waals surface area contributed by atoms with Gasteiger partial charge in [0.15, 0.2) is 0 Å². The minimum atomic E-state index is -0.251. The maximum atomic E-state index is 12.5. The van der Waals surface area contributed by atoms with E-state index in [1.165, 1.54) is 0 Å². The standard InChI is InChI=1S/C18H24N2O4/c1-23-14-8-6-13(7-9-14)18(22)19-12-17(21)20-10-11-24-16-5-3-2-4-15(16)20/h6-9,15-16H,2-5,10-12H2,1H3,(H,19,22)/t15-,16+/m1/s1. The molecule has 2 atom stereocenters. The zero-order valence-electron chi connectivity index (χ0n) is 14.0. The molecule has 2 aliphatic rings. The van der Waals surface area contributed by atoms with E-state index < -0.39 is 0 Å². The minimum Gasteiger partial charge on any atom is -0.497 e. The average molecular weight is 332 g/mol. The van der Waals surface area contributed by atoms with Crippen LogP contribution in [-0.4, -0.2) is 55.7 Å². The predicted octanol–water partition coefficient (Wildman–Crippen LogP) is 1.59. The summed E-state index contributed by atoms with van der Waals surface area (Å²) in [6, 6.07) is 6.99. The number of methoxy groups -OCH3 is 1. The van der Waals surface area contributed by atoms with Crippen LogP contribution in [-0.2, 0) is 9.53 Å². The van der Waals surface area contributed by atoms with Crippen LogP contribution in [0.3, 0.4) is 0 Å². The Morgan fingerprint density at radius 1 is 1.25 bits per heavy atom. The van der Waals surface area contributed by atoms with Gasteiger partial charge in [-0.3, -0.25) is 9.59 Å². The molecule has 1 aliphatic carbocycles. The number of nitrogens with one attached hydrogen (secondary N) is 1. The van der Waals surface area contributed by atoms with Crippen LogP contribution in [0.4, 0.5) is 0 Å². The maximum Gasteiger partial charge on any atom is 0.251 e. The van der Waals surface area contributed by atoms with Crippen LogP contribution in [0.15, 0.2) is 24.3 Å². The summed E-state index contributed by atoms with van der Waals surface area (Å²) in [4.78, 5) is 26.6. The Hall–Kier alpha value is -2.08. The summed E-state index contributed by atoms with van der Waals surface area (Å²) in [5, 5.41) is 2.72. The first-order chi connectivity index (χ1) is 11.7. The number of nitrogens with zero attached hydrogens (tertiary/aromatic N) is 1. The highest BCUT2D eigenvalue weighted by atomic mass is 16.5. The molecular formula is C18H24N2O4. The largest absolute Gasteiger partial charge is 0.497 e. The van der Waals surface area contributed by atoms with Crippen molar-refractivity contribution in [1.82, 2.24) is 10.2 Å². The molecule has 2 fully saturated rings. The number of amides is 2. The molecule has 3 rings (SSSR count). The van der Waals surface area contributed by atoms with E-state index in [9.17, 15) is 9.59 Å². The van der Waals surface area contributed by atoms with Gasteiger partial charge in [0.2, 0.25) is 5.91 Å². The molecule has 1 aliphatic heterocycles. The van der Waals surface area contributed by atoms with E-state index in [1.807, 2.05) is 4.90 Å². The average Bonchev–Trinajstić information content (AvgIpc) is 2.65. The number of fused-ring (bicyclic) bond motifs is 1. The molecule has 0 radical (unpaired) electrons. The lowest BCUT2D eigenvalue weighted by molar-refractivity contribution is -0.148. The lowest BCUT2D eigenvalue weighted by atomic mass is 9.90. The van der Waals surface area contributed by atoms with Crippen LogP contribution in [0.2, 0.25) is 0 Å². The van der Waals surface area contributed by atoms with Crippen LogP contribution < -0.4 is 10.1 Å². The third kappa shape index (κ3) is 3.70. The number of rotatable bonds is 4. The van der Waals surface area contributed by atoms with Crippen molar-refractivity contribution in [2.45, 2.75) is 37.8 Å². The Bertz CT molecular complexity index is 585. The summed E-state index contributed by atoms with van der Waals surface area (Å²) >= 11 is 0. The second-order valence-corrected chi connectivity index (χ2v) is 6.26. The summed E-state index contributed by atoms with van der Waals surface area (Å²) < 4.78 is 10.9. The first kappa shape index (κ1) is 16.8. The van der Waals surface area contributed by atoms with Crippen molar-refractivity contribution < 1.29 is 19.1 Å². The molecule has 1 saturated heterocycles. The van der Waals surface area contributed by atoms with E-state index in [1.54, 1.807) is 31.4 Å². The third-order valence-corrected chi connectivity index (χ3v) is 4.80. The highest BCUT2D eigenvalue weighted by Crippen LogP contribution is 2.28. The number of morpholine rings is 1. The van der Waals surface area contributed by atoms with Crippen molar-refractivity contribution in [3.63, 3.8) is 0 Å². The molecule has 130 valence electrons. The van der Waals surface area contributed by atoms with Crippen molar-refractivity contribution in [3.05, 3.63) is 29.8 Å². The van der Waals surface area contributed by atoms with E-state index in [4.69, 9.17) is 9.47 Å². The number of benzene rings is 1. The molecular weight excluding hydrogens is 308 g/mol. The normalized spacial score (nSPS) is 23.3. The molecule has 6 heteroatoms. The van der Waals surface area contributed by atoms with E-state index in [0.717, 1.165) is 25.7 Å². The molecule has 6 nitrogen and oxygen atoms in total. The summed E-state index contributed by atoms with van der Waals surface area (Å²) in [7, 11) is 1.58. The van der Waals surface area contributed by atoms with Crippen molar-refractivity contribution in [2.24, 2.45) is 0 Å². The second kappa shape index (κ2) is 7.66. The highest BCUT2D eigenvalue weighted by molar-refractivity contribution is 5.96. The Morgan fingerprint density at radius 2 is 2.00 bits per heavy atom. The van der Waals surface area contributed by atoms with Gasteiger partial charge in [-0.15, -0.1) is 0 Å². The lowest BCUT2D eigenvalue weighted by Crippen LogP contribution is -2.56.